The lowest BCUT2D eigenvalue weighted by atomic mass is 10.0. The molecule has 1 aromatic heterocycles. The highest BCUT2D eigenvalue weighted by Crippen LogP contribution is 2.28. The maximum atomic E-state index is 4.44. The summed E-state index contributed by atoms with van der Waals surface area (Å²) in [5.74, 6) is 0. The van der Waals surface area contributed by atoms with E-state index in [0.29, 0.717) is 0 Å². The van der Waals surface area contributed by atoms with Gasteiger partial charge >= 0.3 is 0 Å². The fraction of sp³-hybridized carbons (Fsp3) is 0.133. The van der Waals surface area contributed by atoms with Crippen LogP contribution >= 0.6 is 0 Å². The van der Waals surface area contributed by atoms with Crippen LogP contribution in [0.5, 0.6) is 0 Å². The number of hydrogen-bond acceptors (Lipinski definition) is 1. The Morgan fingerprint density at radius 1 is 1.00 bits per heavy atom. The number of benzene rings is 2. The smallest absolute Gasteiger partial charge is 0.100 e. The van der Waals surface area contributed by atoms with Crippen molar-refractivity contribution in [2.75, 3.05) is 0 Å². The molecule has 0 aliphatic rings. The van der Waals surface area contributed by atoms with E-state index in [-0.39, 0.29) is 0 Å². The van der Waals surface area contributed by atoms with Gasteiger partial charge in [0.2, 0.25) is 0 Å². The molecular formula is C15H14N2. The van der Waals surface area contributed by atoms with Gasteiger partial charge in [0.25, 0.3) is 0 Å². The first kappa shape index (κ1) is 10.1. The Bertz CT molecular complexity index is 638. The molecule has 0 saturated heterocycles. The van der Waals surface area contributed by atoms with Gasteiger partial charge in [-0.3, -0.25) is 5.10 Å². The molecule has 0 radical (unpaired) electrons. The molecule has 3 aromatic rings. The molecule has 17 heavy (non-hydrogen) atoms. The molecule has 0 bridgehead atoms. The van der Waals surface area contributed by atoms with Gasteiger partial charge in [-0.2, -0.15) is 5.10 Å². The van der Waals surface area contributed by atoms with Crippen molar-refractivity contribution in [3.63, 3.8) is 0 Å². The fourth-order valence-electron chi connectivity index (χ4n) is 2.21. The minimum Gasteiger partial charge on any atom is -0.281 e. The van der Waals surface area contributed by atoms with Crippen LogP contribution in [0.15, 0.2) is 48.5 Å². The molecule has 0 aliphatic carbocycles. The van der Waals surface area contributed by atoms with Gasteiger partial charge in [-0.1, -0.05) is 55.5 Å². The first-order chi connectivity index (χ1) is 8.40. The summed E-state index contributed by atoms with van der Waals surface area (Å²) in [5, 5.41) is 8.79. The summed E-state index contributed by atoms with van der Waals surface area (Å²) in [6.45, 7) is 2.14. The molecule has 1 N–H and O–H groups in total. The van der Waals surface area contributed by atoms with Crippen LogP contribution in [0.3, 0.4) is 0 Å². The normalized spacial score (nSPS) is 10.9. The lowest BCUT2D eigenvalue weighted by molar-refractivity contribution is 0.988. The van der Waals surface area contributed by atoms with Gasteiger partial charge in [0.1, 0.15) is 5.52 Å². The molecule has 0 spiro atoms. The van der Waals surface area contributed by atoms with Crippen LogP contribution < -0.4 is 0 Å². The van der Waals surface area contributed by atoms with Crippen molar-refractivity contribution in [3.8, 4) is 11.1 Å². The number of para-hydroxylation sites is 1. The fourth-order valence-corrected chi connectivity index (χ4v) is 2.21. The molecule has 0 aliphatic heterocycles. The maximum Gasteiger partial charge on any atom is 0.100 e. The van der Waals surface area contributed by atoms with Crippen LogP contribution in [-0.2, 0) is 6.42 Å². The Kier molecular flexibility index (Phi) is 2.41. The zero-order valence-corrected chi connectivity index (χ0v) is 9.77. The number of aromatic nitrogens is 2. The molecule has 2 heteroatoms. The molecule has 0 atom stereocenters. The van der Waals surface area contributed by atoms with Gasteiger partial charge < -0.3 is 0 Å². The molecule has 0 unspecified atom stereocenters. The summed E-state index contributed by atoms with van der Waals surface area (Å²) in [6, 6.07) is 16.7. The zero-order valence-electron chi connectivity index (χ0n) is 9.77. The van der Waals surface area contributed by atoms with E-state index in [0.717, 1.165) is 11.9 Å². The number of rotatable bonds is 2. The van der Waals surface area contributed by atoms with Gasteiger partial charge in [-0.05, 0) is 12.0 Å². The number of nitrogens with one attached hydrogen (secondary N) is 1. The third-order valence-electron chi connectivity index (χ3n) is 3.10. The summed E-state index contributed by atoms with van der Waals surface area (Å²) >= 11 is 0. The van der Waals surface area contributed by atoms with Crippen LogP contribution in [-0.4, -0.2) is 10.2 Å². The van der Waals surface area contributed by atoms with E-state index >= 15 is 0 Å². The molecular weight excluding hydrogens is 208 g/mol. The van der Waals surface area contributed by atoms with Gasteiger partial charge in [0.15, 0.2) is 0 Å². The van der Waals surface area contributed by atoms with Crippen LogP contribution in [0, 0.1) is 0 Å². The number of nitrogens with zero attached hydrogens (tertiary/aromatic N) is 1. The van der Waals surface area contributed by atoms with E-state index in [1.54, 1.807) is 0 Å². The van der Waals surface area contributed by atoms with Crippen LogP contribution in [0.4, 0.5) is 0 Å². The van der Waals surface area contributed by atoms with Crippen LogP contribution in [0.25, 0.3) is 22.0 Å². The minimum absolute atomic E-state index is 0.981. The first-order valence-electron chi connectivity index (χ1n) is 5.91. The predicted octanol–water partition coefficient (Wildman–Crippen LogP) is 3.79. The third-order valence-corrected chi connectivity index (χ3v) is 3.10. The largest absolute Gasteiger partial charge is 0.281 e. The Balaban J connectivity index is 2.28. The highest BCUT2D eigenvalue weighted by Gasteiger charge is 2.08. The highest BCUT2D eigenvalue weighted by molar-refractivity contribution is 5.94. The SMILES string of the molecule is CCc1[nH]nc2c(-c3ccccc3)cccc12. The Morgan fingerprint density at radius 2 is 1.82 bits per heavy atom. The summed E-state index contributed by atoms with van der Waals surface area (Å²) in [7, 11) is 0. The van der Waals surface area contributed by atoms with Crippen molar-refractivity contribution in [1.82, 2.24) is 10.2 Å². The molecule has 0 saturated carbocycles. The first-order valence-corrected chi connectivity index (χ1v) is 5.91. The zero-order chi connectivity index (χ0) is 11.7. The van der Waals surface area contributed by atoms with E-state index in [4.69, 9.17) is 0 Å². The van der Waals surface area contributed by atoms with E-state index in [9.17, 15) is 0 Å². The van der Waals surface area contributed by atoms with Gasteiger partial charge in [-0.15, -0.1) is 0 Å². The van der Waals surface area contributed by atoms with Crippen molar-refractivity contribution < 1.29 is 0 Å². The number of H-pyrrole nitrogens is 1. The molecule has 0 amide bonds. The second-order valence-electron chi connectivity index (χ2n) is 4.12. The van der Waals surface area contributed by atoms with E-state index in [1.165, 1.54) is 22.2 Å². The second kappa shape index (κ2) is 4.06. The van der Waals surface area contributed by atoms with Gasteiger partial charge in [0, 0.05) is 16.6 Å². The topological polar surface area (TPSA) is 28.7 Å². The average Bonchev–Trinajstić information content (AvgIpc) is 2.82. The summed E-state index contributed by atoms with van der Waals surface area (Å²) in [4.78, 5) is 0. The molecule has 3 rings (SSSR count). The van der Waals surface area contributed by atoms with Gasteiger partial charge in [0.05, 0.1) is 0 Å². The quantitative estimate of drug-likeness (QED) is 0.702. The average molecular weight is 222 g/mol. The standard InChI is InChI=1S/C15H14N2/c1-2-14-13-10-6-9-12(15(13)17-16-14)11-7-4-3-5-8-11/h3-10H,2H2,1H3,(H,16,17). The maximum absolute atomic E-state index is 4.44. The summed E-state index contributed by atoms with van der Waals surface area (Å²) < 4.78 is 0. The van der Waals surface area contributed by atoms with Crippen LogP contribution in [0.1, 0.15) is 12.6 Å². The van der Waals surface area contributed by atoms with E-state index in [1.807, 2.05) is 6.07 Å². The lowest BCUT2D eigenvalue weighted by Crippen LogP contribution is -1.80. The van der Waals surface area contributed by atoms with E-state index in [2.05, 4.69) is 59.6 Å². The number of hydrogen-bond donors (Lipinski definition) is 1. The van der Waals surface area contributed by atoms with E-state index < -0.39 is 0 Å². The molecule has 2 aromatic carbocycles. The molecule has 84 valence electrons. The monoisotopic (exact) mass is 222 g/mol. The van der Waals surface area contributed by atoms with Crippen molar-refractivity contribution in [2.24, 2.45) is 0 Å². The number of fused-ring (bicyclic) bond motifs is 1. The highest BCUT2D eigenvalue weighted by atomic mass is 15.1. The Morgan fingerprint density at radius 3 is 2.59 bits per heavy atom. The van der Waals surface area contributed by atoms with Gasteiger partial charge in [-0.25, -0.2) is 0 Å². The van der Waals surface area contributed by atoms with Crippen molar-refractivity contribution in [1.29, 1.82) is 0 Å². The number of aromatic amines is 1. The minimum atomic E-state index is 0.981. The molecule has 1 heterocycles. The second-order valence-corrected chi connectivity index (χ2v) is 4.12. The summed E-state index contributed by atoms with van der Waals surface area (Å²) in [6.07, 6.45) is 0.981. The van der Waals surface area contributed by atoms with Crippen molar-refractivity contribution in [3.05, 3.63) is 54.2 Å². The van der Waals surface area contributed by atoms with Crippen LogP contribution in [0.2, 0.25) is 0 Å². The number of aryl methyl sites for hydroxylation is 1. The summed E-state index contributed by atoms with van der Waals surface area (Å²) in [5.41, 5.74) is 4.68. The molecule has 0 fully saturated rings. The Labute approximate surface area is 100 Å². The Hall–Kier alpha value is -2.09. The van der Waals surface area contributed by atoms with Crippen molar-refractivity contribution in [2.45, 2.75) is 13.3 Å². The predicted molar refractivity (Wildman–Crippen MR) is 70.9 cm³/mol. The third kappa shape index (κ3) is 1.62. The molecule has 2 nitrogen and oxygen atoms in total. The lowest BCUT2D eigenvalue weighted by Gasteiger charge is -2.02. The van der Waals surface area contributed by atoms with Crippen molar-refractivity contribution >= 4 is 10.9 Å².